The predicted octanol–water partition coefficient (Wildman–Crippen LogP) is 1.76. The van der Waals surface area contributed by atoms with E-state index < -0.39 is 24.0 Å². The zero-order valence-electron chi connectivity index (χ0n) is 13.2. The average molecular weight is 327 g/mol. The van der Waals surface area contributed by atoms with Crippen LogP contribution in [0, 0.1) is 5.82 Å². The number of carbonyl (C=O) groups excluding carboxylic acids is 2. The minimum Gasteiger partial charge on any atom is -0.466 e. The summed E-state index contributed by atoms with van der Waals surface area (Å²) in [5.74, 6) is -2.20. The lowest BCUT2D eigenvalue weighted by molar-refractivity contribution is -0.138. The molecule has 7 nitrogen and oxygen atoms in total. The van der Waals surface area contributed by atoms with Crippen molar-refractivity contribution in [3.8, 4) is 0 Å². The van der Waals surface area contributed by atoms with Crippen molar-refractivity contribution in [2.24, 2.45) is 0 Å². The first-order valence-corrected chi connectivity index (χ1v) is 6.47. The quantitative estimate of drug-likeness (QED) is 0.464. The molecule has 0 bridgehead atoms. The lowest BCUT2D eigenvalue weighted by atomic mass is 10.1. The molecule has 0 aliphatic heterocycles. The summed E-state index contributed by atoms with van der Waals surface area (Å²) in [6.07, 6.45) is -0.106. The third kappa shape index (κ3) is 4.76. The molecular weight excluding hydrogens is 309 g/mol. The van der Waals surface area contributed by atoms with Crippen LogP contribution in [0.25, 0.3) is 0 Å². The summed E-state index contributed by atoms with van der Waals surface area (Å²) < 4.78 is 33.3. The molecule has 0 aliphatic carbocycles. The van der Waals surface area contributed by atoms with E-state index in [1.165, 1.54) is 32.4 Å². The van der Waals surface area contributed by atoms with Crippen LogP contribution in [-0.2, 0) is 28.5 Å². The van der Waals surface area contributed by atoms with Crippen molar-refractivity contribution in [1.29, 1.82) is 0 Å². The van der Waals surface area contributed by atoms with Gasteiger partial charge in [-0.05, 0) is 12.1 Å². The fraction of sp³-hybridized carbons (Fsp3) is 0.333. The van der Waals surface area contributed by atoms with Crippen molar-refractivity contribution in [3.63, 3.8) is 0 Å². The van der Waals surface area contributed by atoms with Crippen LogP contribution in [0.2, 0.25) is 0 Å². The number of hydrogen-bond acceptors (Lipinski definition) is 7. The summed E-state index contributed by atoms with van der Waals surface area (Å²) in [5.41, 5.74) is -0.00595. The van der Waals surface area contributed by atoms with Gasteiger partial charge in [-0.15, -0.1) is 0 Å². The Hall–Kier alpha value is -2.45. The molecule has 0 aliphatic rings. The van der Waals surface area contributed by atoms with Gasteiger partial charge in [0.2, 0.25) is 0 Å². The minimum atomic E-state index is -1.00. The van der Waals surface area contributed by atoms with E-state index in [4.69, 9.17) is 9.47 Å². The fourth-order valence-corrected chi connectivity index (χ4v) is 1.80. The van der Waals surface area contributed by atoms with Crippen LogP contribution in [0.4, 0.5) is 10.1 Å². The number of halogens is 1. The van der Waals surface area contributed by atoms with Crippen LogP contribution >= 0.6 is 0 Å². The molecule has 0 radical (unpaired) electrons. The van der Waals surface area contributed by atoms with Gasteiger partial charge >= 0.3 is 11.9 Å². The van der Waals surface area contributed by atoms with E-state index in [1.54, 1.807) is 0 Å². The highest BCUT2D eigenvalue weighted by Crippen LogP contribution is 2.29. The van der Waals surface area contributed by atoms with Gasteiger partial charge in [0.1, 0.15) is 11.5 Å². The summed E-state index contributed by atoms with van der Waals surface area (Å²) in [4.78, 5) is 23.1. The van der Waals surface area contributed by atoms with Gasteiger partial charge in [-0.3, -0.25) is 0 Å². The highest BCUT2D eigenvalue weighted by Gasteiger charge is 2.21. The van der Waals surface area contributed by atoms with Crippen molar-refractivity contribution in [2.45, 2.75) is 6.29 Å². The molecule has 0 spiro atoms. The maximum atomic E-state index is 14.1. The first kappa shape index (κ1) is 18.6. The normalized spacial score (nSPS) is 11.3. The number of benzene rings is 1. The molecule has 1 aromatic rings. The number of rotatable bonds is 7. The zero-order valence-corrected chi connectivity index (χ0v) is 13.2. The first-order valence-electron chi connectivity index (χ1n) is 6.47. The molecule has 8 heteroatoms. The Morgan fingerprint density at radius 1 is 1.13 bits per heavy atom. The molecule has 0 unspecified atom stereocenters. The van der Waals surface area contributed by atoms with Crippen LogP contribution in [0.1, 0.15) is 11.9 Å². The fourth-order valence-electron chi connectivity index (χ4n) is 1.80. The van der Waals surface area contributed by atoms with Crippen LogP contribution in [0.3, 0.4) is 0 Å². The highest BCUT2D eigenvalue weighted by molar-refractivity contribution is 5.98. The van der Waals surface area contributed by atoms with Crippen LogP contribution in [-0.4, -0.2) is 40.4 Å². The maximum absolute atomic E-state index is 14.1. The number of ether oxygens (including phenoxy) is 4. The number of nitrogens with one attached hydrogen (secondary N) is 1. The molecule has 0 aromatic heterocycles. The zero-order chi connectivity index (χ0) is 17.4. The summed E-state index contributed by atoms with van der Waals surface area (Å²) in [6.45, 7) is 0. The summed E-state index contributed by atoms with van der Waals surface area (Å²) >= 11 is 0. The second kappa shape index (κ2) is 8.86. The van der Waals surface area contributed by atoms with Gasteiger partial charge in [-0.25, -0.2) is 14.0 Å². The third-order valence-corrected chi connectivity index (χ3v) is 2.85. The molecule has 0 saturated heterocycles. The third-order valence-electron chi connectivity index (χ3n) is 2.85. The Kier molecular flexibility index (Phi) is 7.17. The molecule has 1 aromatic carbocycles. The number of anilines is 1. The Bertz CT molecular complexity index is 598. The van der Waals surface area contributed by atoms with Crippen molar-refractivity contribution in [3.05, 3.63) is 41.4 Å². The summed E-state index contributed by atoms with van der Waals surface area (Å²) in [7, 11) is 4.99. The Morgan fingerprint density at radius 3 is 2.30 bits per heavy atom. The molecule has 0 amide bonds. The van der Waals surface area contributed by atoms with E-state index >= 15 is 0 Å². The van der Waals surface area contributed by atoms with Crippen LogP contribution < -0.4 is 5.32 Å². The summed E-state index contributed by atoms with van der Waals surface area (Å²) in [6, 6.07) is 4.14. The Labute approximate surface area is 133 Å². The summed E-state index contributed by atoms with van der Waals surface area (Å²) in [5, 5.41) is 2.64. The number of esters is 2. The van der Waals surface area contributed by atoms with Crippen LogP contribution in [0.5, 0.6) is 0 Å². The van der Waals surface area contributed by atoms with Gasteiger partial charge in [-0.2, -0.15) is 0 Å². The second-order valence-electron chi connectivity index (χ2n) is 4.20. The Morgan fingerprint density at radius 2 is 1.78 bits per heavy atom. The standard InChI is InChI=1S/C15H18FNO6/c1-20-12(18)8-11(14(19)21-2)17-10-7-5-6-9(16)13(10)15(22-3)23-4/h5-8,15,17H,1-4H3/b11-8+. The van der Waals surface area contributed by atoms with Gasteiger partial charge in [0.15, 0.2) is 6.29 Å². The Balaban J connectivity index is 3.29. The van der Waals surface area contributed by atoms with Gasteiger partial charge in [0.05, 0.1) is 25.9 Å². The van der Waals surface area contributed by atoms with E-state index in [9.17, 15) is 14.0 Å². The predicted molar refractivity (Wildman–Crippen MR) is 78.9 cm³/mol. The van der Waals surface area contributed by atoms with Gasteiger partial charge < -0.3 is 24.3 Å². The molecule has 0 heterocycles. The lowest BCUT2D eigenvalue weighted by Gasteiger charge is -2.19. The first-order chi connectivity index (χ1) is 11.0. The van der Waals surface area contributed by atoms with E-state index in [0.29, 0.717) is 0 Å². The molecule has 1 N–H and O–H groups in total. The van der Waals surface area contributed by atoms with Crippen LogP contribution in [0.15, 0.2) is 30.0 Å². The largest absolute Gasteiger partial charge is 0.466 e. The smallest absolute Gasteiger partial charge is 0.354 e. The van der Waals surface area contributed by atoms with Gasteiger partial charge in [0.25, 0.3) is 0 Å². The van der Waals surface area contributed by atoms with E-state index in [2.05, 4.69) is 14.8 Å². The van der Waals surface area contributed by atoms with E-state index in [0.717, 1.165) is 20.3 Å². The molecule has 0 saturated carbocycles. The maximum Gasteiger partial charge on any atom is 0.354 e. The second-order valence-corrected chi connectivity index (χ2v) is 4.20. The molecule has 0 fully saturated rings. The average Bonchev–Trinajstić information content (AvgIpc) is 2.56. The molecule has 1 rings (SSSR count). The highest BCUT2D eigenvalue weighted by atomic mass is 19.1. The molecule has 126 valence electrons. The molecule has 23 heavy (non-hydrogen) atoms. The van der Waals surface area contributed by atoms with Crippen molar-refractivity contribution < 1.29 is 32.9 Å². The number of hydrogen-bond donors (Lipinski definition) is 1. The SMILES string of the molecule is COC(=O)/C=C(/Nc1cccc(F)c1C(OC)OC)C(=O)OC. The minimum absolute atomic E-state index is 0.0390. The van der Waals surface area contributed by atoms with Crippen molar-refractivity contribution in [2.75, 3.05) is 33.8 Å². The van der Waals surface area contributed by atoms with Crippen molar-refractivity contribution >= 4 is 17.6 Å². The van der Waals surface area contributed by atoms with E-state index in [-0.39, 0.29) is 16.9 Å². The molecule has 0 atom stereocenters. The molecular formula is C15H18FNO6. The monoisotopic (exact) mass is 327 g/mol. The lowest BCUT2D eigenvalue weighted by Crippen LogP contribution is -2.18. The van der Waals surface area contributed by atoms with Crippen molar-refractivity contribution in [1.82, 2.24) is 0 Å². The topological polar surface area (TPSA) is 83.1 Å². The number of carbonyl (C=O) groups is 2. The van der Waals surface area contributed by atoms with E-state index in [1.807, 2.05) is 0 Å². The number of methoxy groups -OCH3 is 4. The van der Waals surface area contributed by atoms with Gasteiger partial charge in [0, 0.05) is 19.9 Å². The van der Waals surface area contributed by atoms with Gasteiger partial charge in [-0.1, -0.05) is 6.07 Å².